The number of rotatable bonds is 2. The molecule has 0 spiro atoms. The smallest absolute Gasteiger partial charge is 0.319 e. The summed E-state index contributed by atoms with van der Waals surface area (Å²) in [7, 11) is 2.10. The lowest BCUT2D eigenvalue weighted by atomic mass is 10.1. The van der Waals surface area contributed by atoms with E-state index < -0.39 is 5.79 Å². The molecule has 0 saturated carbocycles. The summed E-state index contributed by atoms with van der Waals surface area (Å²) >= 11 is 0. The molecule has 120 valence electrons. The quantitative estimate of drug-likeness (QED) is 0.881. The number of urea groups is 1. The van der Waals surface area contributed by atoms with Crippen molar-refractivity contribution in [3.8, 4) is 11.5 Å². The van der Waals surface area contributed by atoms with Crippen molar-refractivity contribution in [2.24, 2.45) is 0 Å². The Morgan fingerprint density at radius 3 is 2.64 bits per heavy atom. The van der Waals surface area contributed by atoms with Crippen LogP contribution in [0.15, 0.2) is 18.2 Å². The molecule has 2 aliphatic heterocycles. The van der Waals surface area contributed by atoms with Gasteiger partial charge >= 0.3 is 6.03 Å². The highest BCUT2D eigenvalue weighted by Crippen LogP contribution is 2.40. The van der Waals surface area contributed by atoms with Crippen LogP contribution in [0.5, 0.6) is 11.5 Å². The van der Waals surface area contributed by atoms with E-state index in [9.17, 15) is 4.79 Å². The van der Waals surface area contributed by atoms with Crippen molar-refractivity contribution in [1.29, 1.82) is 0 Å². The monoisotopic (exact) mass is 305 g/mol. The third kappa shape index (κ3) is 3.44. The van der Waals surface area contributed by atoms with Crippen LogP contribution >= 0.6 is 0 Å². The largest absolute Gasteiger partial charge is 0.449 e. The molecule has 0 bridgehead atoms. The molecule has 3 rings (SSSR count). The number of piperidine rings is 1. The molecular weight excluding hydrogens is 282 g/mol. The zero-order chi connectivity index (χ0) is 15.7. The van der Waals surface area contributed by atoms with Gasteiger partial charge in [0.1, 0.15) is 0 Å². The average Bonchev–Trinajstić information content (AvgIpc) is 2.74. The standard InChI is InChI=1S/C16H23N3O3/c1-16(2)21-13-5-4-12(10-14(13)22-16)18-15(20)17-11-6-8-19(3)9-7-11/h4-5,10-11H,6-9H2,1-3H3,(H2,17,18,20). The second kappa shape index (κ2) is 5.68. The highest BCUT2D eigenvalue weighted by Gasteiger charge is 2.31. The van der Waals surface area contributed by atoms with Crippen LogP contribution in [0.25, 0.3) is 0 Å². The van der Waals surface area contributed by atoms with Crippen molar-refractivity contribution >= 4 is 11.7 Å². The molecule has 2 N–H and O–H groups in total. The third-order valence-electron chi connectivity index (χ3n) is 3.97. The third-order valence-corrected chi connectivity index (χ3v) is 3.97. The van der Waals surface area contributed by atoms with Gasteiger partial charge < -0.3 is 25.0 Å². The van der Waals surface area contributed by atoms with Crippen LogP contribution in [0.2, 0.25) is 0 Å². The molecule has 0 radical (unpaired) electrons. The highest BCUT2D eigenvalue weighted by molar-refractivity contribution is 5.89. The zero-order valence-electron chi connectivity index (χ0n) is 13.3. The number of anilines is 1. The minimum atomic E-state index is -0.655. The molecule has 0 unspecified atom stereocenters. The van der Waals surface area contributed by atoms with E-state index in [1.54, 1.807) is 6.07 Å². The summed E-state index contributed by atoms with van der Waals surface area (Å²) in [6.45, 7) is 5.74. The van der Waals surface area contributed by atoms with Crippen molar-refractivity contribution in [1.82, 2.24) is 10.2 Å². The van der Waals surface area contributed by atoms with Crippen LogP contribution in [0.4, 0.5) is 10.5 Å². The van der Waals surface area contributed by atoms with Crippen LogP contribution in [-0.2, 0) is 0 Å². The van der Waals surface area contributed by atoms with Gasteiger partial charge in [-0.2, -0.15) is 0 Å². The molecule has 0 atom stereocenters. The molecule has 6 heteroatoms. The number of nitrogens with one attached hydrogen (secondary N) is 2. The molecule has 1 saturated heterocycles. The molecule has 22 heavy (non-hydrogen) atoms. The lowest BCUT2D eigenvalue weighted by molar-refractivity contribution is -0.0431. The number of amides is 2. The first-order valence-electron chi connectivity index (χ1n) is 7.69. The van der Waals surface area contributed by atoms with Crippen LogP contribution in [0, 0.1) is 0 Å². The van der Waals surface area contributed by atoms with E-state index in [4.69, 9.17) is 9.47 Å². The van der Waals surface area contributed by atoms with Crippen LogP contribution in [0.3, 0.4) is 0 Å². The number of carbonyl (C=O) groups excluding carboxylic acids is 1. The summed E-state index contributed by atoms with van der Waals surface area (Å²) in [5, 5.41) is 5.88. The first-order valence-corrected chi connectivity index (χ1v) is 7.69. The zero-order valence-corrected chi connectivity index (χ0v) is 13.3. The van der Waals surface area contributed by atoms with Gasteiger partial charge in [-0.3, -0.25) is 0 Å². The fourth-order valence-corrected chi connectivity index (χ4v) is 2.81. The SMILES string of the molecule is CN1CCC(NC(=O)Nc2ccc3c(c2)OC(C)(C)O3)CC1. The minimum Gasteiger partial charge on any atom is -0.449 e. The van der Waals surface area contributed by atoms with E-state index in [1.807, 2.05) is 26.0 Å². The second-order valence-electron chi connectivity index (χ2n) is 6.44. The number of likely N-dealkylation sites (tertiary alicyclic amines) is 1. The van der Waals surface area contributed by atoms with E-state index in [2.05, 4.69) is 22.6 Å². The Morgan fingerprint density at radius 1 is 1.23 bits per heavy atom. The highest BCUT2D eigenvalue weighted by atomic mass is 16.7. The molecule has 1 fully saturated rings. The minimum absolute atomic E-state index is 0.173. The van der Waals surface area contributed by atoms with Gasteiger partial charge in [0, 0.05) is 31.6 Å². The maximum absolute atomic E-state index is 12.1. The van der Waals surface area contributed by atoms with Crippen molar-refractivity contribution in [3.63, 3.8) is 0 Å². The molecule has 1 aromatic carbocycles. The Hall–Kier alpha value is -1.95. The summed E-state index contributed by atoms with van der Waals surface area (Å²) in [6, 6.07) is 5.49. The maximum atomic E-state index is 12.1. The Morgan fingerprint density at radius 2 is 1.91 bits per heavy atom. The van der Waals surface area contributed by atoms with Gasteiger partial charge in [-0.1, -0.05) is 0 Å². The number of nitrogens with zero attached hydrogens (tertiary/aromatic N) is 1. The first kappa shape index (κ1) is 15.0. The van der Waals surface area contributed by atoms with E-state index >= 15 is 0 Å². The van der Waals surface area contributed by atoms with E-state index in [-0.39, 0.29) is 12.1 Å². The summed E-state index contributed by atoms with van der Waals surface area (Å²) in [5.41, 5.74) is 0.700. The molecule has 1 aromatic rings. The molecular formula is C16H23N3O3. The molecule has 2 amide bonds. The van der Waals surface area contributed by atoms with Crippen LogP contribution in [-0.4, -0.2) is 42.9 Å². The van der Waals surface area contributed by atoms with Gasteiger partial charge in [0.05, 0.1) is 0 Å². The molecule has 0 aliphatic carbocycles. The van der Waals surface area contributed by atoms with Crippen LogP contribution in [0.1, 0.15) is 26.7 Å². The Labute approximate surface area is 130 Å². The molecule has 2 aliphatic rings. The second-order valence-corrected chi connectivity index (χ2v) is 6.44. The average molecular weight is 305 g/mol. The van der Waals surface area contributed by atoms with Gasteiger partial charge in [0.15, 0.2) is 11.5 Å². The molecule has 2 heterocycles. The lowest BCUT2D eigenvalue weighted by Gasteiger charge is -2.29. The number of carbonyl (C=O) groups is 1. The number of hydrogen-bond acceptors (Lipinski definition) is 4. The normalized spacial score (nSPS) is 20.7. The lowest BCUT2D eigenvalue weighted by Crippen LogP contribution is -2.44. The summed E-state index contributed by atoms with van der Waals surface area (Å²) in [4.78, 5) is 14.4. The van der Waals surface area contributed by atoms with Crippen molar-refractivity contribution < 1.29 is 14.3 Å². The summed E-state index contributed by atoms with van der Waals surface area (Å²) < 4.78 is 11.3. The summed E-state index contributed by atoms with van der Waals surface area (Å²) in [6.07, 6.45) is 1.97. The predicted molar refractivity (Wildman–Crippen MR) is 84.5 cm³/mol. The fraction of sp³-hybridized carbons (Fsp3) is 0.562. The number of ether oxygens (including phenoxy) is 2. The van der Waals surface area contributed by atoms with Gasteiger partial charge in [-0.05, 0) is 45.1 Å². The van der Waals surface area contributed by atoms with Gasteiger partial charge in [-0.15, -0.1) is 0 Å². The number of fused-ring (bicyclic) bond motifs is 1. The Balaban J connectivity index is 1.56. The van der Waals surface area contributed by atoms with Crippen molar-refractivity contribution in [3.05, 3.63) is 18.2 Å². The Bertz CT molecular complexity index is 566. The van der Waals surface area contributed by atoms with E-state index in [0.717, 1.165) is 25.9 Å². The van der Waals surface area contributed by atoms with E-state index in [1.165, 1.54) is 0 Å². The molecule has 6 nitrogen and oxygen atoms in total. The van der Waals surface area contributed by atoms with Gasteiger partial charge in [-0.25, -0.2) is 4.79 Å². The van der Waals surface area contributed by atoms with Gasteiger partial charge in [0.2, 0.25) is 5.79 Å². The molecule has 0 aromatic heterocycles. The first-order chi connectivity index (χ1) is 10.4. The summed E-state index contributed by atoms with van der Waals surface area (Å²) in [5.74, 6) is 0.700. The Kier molecular flexibility index (Phi) is 3.87. The van der Waals surface area contributed by atoms with E-state index in [0.29, 0.717) is 17.2 Å². The van der Waals surface area contributed by atoms with Crippen LogP contribution < -0.4 is 20.1 Å². The topological polar surface area (TPSA) is 62.8 Å². The number of benzene rings is 1. The van der Waals surface area contributed by atoms with Crippen molar-refractivity contribution in [2.75, 3.05) is 25.5 Å². The predicted octanol–water partition coefficient (Wildman–Crippen LogP) is 2.41. The number of hydrogen-bond donors (Lipinski definition) is 2. The van der Waals surface area contributed by atoms with Gasteiger partial charge in [0.25, 0.3) is 0 Å². The maximum Gasteiger partial charge on any atom is 0.319 e. The van der Waals surface area contributed by atoms with Crippen molar-refractivity contribution in [2.45, 2.75) is 38.5 Å². The fourth-order valence-electron chi connectivity index (χ4n) is 2.81.